The number of halogens is 3. The Kier molecular flexibility index (Phi) is 5.51. The van der Waals surface area contributed by atoms with Gasteiger partial charge in [-0.1, -0.05) is 27.5 Å². The van der Waals surface area contributed by atoms with Crippen molar-refractivity contribution in [1.82, 2.24) is 0 Å². The van der Waals surface area contributed by atoms with Crippen molar-refractivity contribution in [3.63, 3.8) is 0 Å². The summed E-state index contributed by atoms with van der Waals surface area (Å²) in [6.07, 6.45) is 0. The first-order valence-corrected chi connectivity index (χ1v) is 7.35. The maximum atomic E-state index is 13.6. The Labute approximate surface area is 143 Å². The SMILES string of the molecule is O=C(COc1ccc(Br)cc1F)Nc1cc([N+](=O)[O-])ccc1Cl. The van der Waals surface area contributed by atoms with Gasteiger partial charge in [0.2, 0.25) is 0 Å². The highest BCUT2D eigenvalue weighted by atomic mass is 79.9. The van der Waals surface area contributed by atoms with Crippen molar-refractivity contribution in [2.75, 3.05) is 11.9 Å². The summed E-state index contributed by atoms with van der Waals surface area (Å²) < 4.78 is 19.1. The molecule has 0 saturated heterocycles. The average molecular weight is 404 g/mol. The van der Waals surface area contributed by atoms with Crippen LogP contribution in [-0.4, -0.2) is 17.4 Å². The summed E-state index contributed by atoms with van der Waals surface area (Å²) in [6, 6.07) is 7.77. The lowest BCUT2D eigenvalue weighted by Gasteiger charge is -2.09. The van der Waals surface area contributed by atoms with Gasteiger partial charge in [-0.25, -0.2) is 4.39 Å². The highest BCUT2D eigenvalue weighted by Crippen LogP contribution is 2.27. The number of nitrogens with zero attached hydrogens (tertiary/aromatic N) is 1. The molecule has 2 aromatic carbocycles. The standard InChI is InChI=1S/C14H9BrClFN2O4/c15-8-1-4-13(11(17)5-8)23-7-14(20)18-12-6-9(19(21)22)2-3-10(12)16/h1-6H,7H2,(H,18,20). The van der Waals surface area contributed by atoms with Gasteiger partial charge < -0.3 is 10.1 Å². The quantitative estimate of drug-likeness (QED) is 0.600. The van der Waals surface area contributed by atoms with Crippen molar-refractivity contribution in [1.29, 1.82) is 0 Å². The summed E-state index contributed by atoms with van der Waals surface area (Å²) in [5.74, 6) is -1.34. The van der Waals surface area contributed by atoms with E-state index in [2.05, 4.69) is 21.2 Å². The van der Waals surface area contributed by atoms with Gasteiger partial charge in [-0.15, -0.1) is 0 Å². The summed E-state index contributed by atoms with van der Waals surface area (Å²) in [4.78, 5) is 21.9. The summed E-state index contributed by atoms with van der Waals surface area (Å²) in [7, 11) is 0. The molecule has 0 aliphatic carbocycles. The lowest BCUT2D eigenvalue weighted by molar-refractivity contribution is -0.384. The minimum absolute atomic E-state index is 0.0748. The molecule has 0 atom stereocenters. The number of carbonyl (C=O) groups excluding carboxylic acids is 1. The predicted molar refractivity (Wildman–Crippen MR) is 86.3 cm³/mol. The normalized spacial score (nSPS) is 10.2. The molecule has 0 aromatic heterocycles. The van der Waals surface area contributed by atoms with Crippen LogP contribution < -0.4 is 10.1 Å². The van der Waals surface area contributed by atoms with Gasteiger partial charge in [0.25, 0.3) is 11.6 Å². The molecule has 0 heterocycles. The number of amides is 1. The van der Waals surface area contributed by atoms with Crippen LogP contribution >= 0.6 is 27.5 Å². The molecule has 2 aromatic rings. The van der Waals surface area contributed by atoms with Crippen LogP contribution in [0.1, 0.15) is 0 Å². The number of anilines is 1. The van der Waals surface area contributed by atoms with E-state index >= 15 is 0 Å². The molecule has 0 fully saturated rings. The third-order valence-corrected chi connectivity index (χ3v) is 3.51. The van der Waals surface area contributed by atoms with Gasteiger partial charge in [-0.2, -0.15) is 0 Å². The minimum atomic E-state index is -0.630. The van der Waals surface area contributed by atoms with Crippen molar-refractivity contribution in [2.45, 2.75) is 0 Å². The number of non-ortho nitro benzene ring substituents is 1. The van der Waals surface area contributed by atoms with E-state index in [9.17, 15) is 19.3 Å². The molecule has 9 heteroatoms. The number of hydrogen-bond donors (Lipinski definition) is 1. The topological polar surface area (TPSA) is 81.5 Å². The summed E-state index contributed by atoms with van der Waals surface area (Å²) in [5.41, 5.74) is -0.143. The van der Waals surface area contributed by atoms with Gasteiger partial charge in [0.15, 0.2) is 18.2 Å². The first-order valence-electron chi connectivity index (χ1n) is 6.18. The van der Waals surface area contributed by atoms with Crippen molar-refractivity contribution in [3.8, 4) is 5.75 Å². The number of nitrogens with one attached hydrogen (secondary N) is 1. The van der Waals surface area contributed by atoms with Gasteiger partial charge in [-0.05, 0) is 24.3 Å². The van der Waals surface area contributed by atoms with Crippen LogP contribution in [0.15, 0.2) is 40.9 Å². The van der Waals surface area contributed by atoms with Gasteiger partial charge in [-0.3, -0.25) is 14.9 Å². The van der Waals surface area contributed by atoms with Crippen LogP contribution in [0.4, 0.5) is 15.8 Å². The second-order valence-electron chi connectivity index (χ2n) is 4.33. The first kappa shape index (κ1) is 17.2. The fourth-order valence-electron chi connectivity index (χ4n) is 1.64. The van der Waals surface area contributed by atoms with Gasteiger partial charge in [0.05, 0.1) is 15.6 Å². The van der Waals surface area contributed by atoms with Gasteiger partial charge in [0, 0.05) is 16.6 Å². The Morgan fingerprint density at radius 1 is 1.35 bits per heavy atom. The molecule has 23 heavy (non-hydrogen) atoms. The molecule has 0 saturated carbocycles. The summed E-state index contributed by atoms with van der Waals surface area (Å²) in [5, 5.41) is 13.2. The van der Waals surface area contributed by atoms with Crippen molar-refractivity contribution in [3.05, 3.63) is 61.8 Å². The van der Waals surface area contributed by atoms with E-state index in [1.54, 1.807) is 6.07 Å². The smallest absolute Gasteiger partial charge is 0.271 e. The molecule has 0 spiro atoms. The number of nitro groups is 1. The molecular weight excluding hydrogens is 395 g/mol. The van der Waals surface area contributed by atoms with Crippen LogP contribution in [0.2, 0.25) is 5.02 Å². The Hall–Kier alpha value is -2.19. The van der Waals surface area contributed by atoms with E-state index in [1.165, 1.54) is 24.3 Å². The zero-order valence-corrected chi connectivity index (χ0v) is 13.7. The van der Waals surface area contributed by atoms with Crippen LogP contribution in [-0.2, 0) is 4.79 Å². The molecule has 2 rings (SSSR count). The number of carbonyl (C=O) groups is 1. The van der Waals surface area contributed by atoms with Gasteiger partial charge >= 0.3 is 0 Å². The molecule has 1 amide bonds. The van der Waals surface area contributed by atoms with E-state index in [-0.39, 0.29) is 22.1 Å². The predicted octanol–water partition coefficient (Wildman–Crippen LogP) is 4.17. The molecule has 120 valence electrons. The highest BCUT2D eigenvalue weighted by molar-refractivity contribution is 9.10. The lowest BCUT2D eigenvalue weighted by Crippen LogP contribution is -2.20. The zero-order chi connectivity index (χ0) is 17.0. The molecule has 0 unspecified atom stereocenters. The van der Waals surface area contributed by atoms with Crippen molar-refractivity contribution < 1.29 is 18.8 Å². The van der Waals surface area contributed by atoms with E-state index in [4.69, 9.17) is 16.3 Å². The Morgan fingerprint density at radius 3 is 2.74 bits per heavy atom. The molecule has 1 N–H and O–H groups in total. The Balaban J connectivity index is 2.02. The summed E-state index contributed by atoms with van der Waals surface area (Å²) in [6.45, 7) is -0.475. The van der Waals surface area contributed by atoms with E-state index in [1.807, 2.05) is 0 Å². The molecule has 0 radical (unpaired) electrons. The van der Waals surface area contributed by atoms with E-state index in [0.717, 1.165) is 6.07 Å². The average Bonchev–Trinajstić information content (AvgIpc) is 2.48. The number of rotatable bonds is 5. The van der Waals surface area contributed by atoms with Crippen molar-refractivity contribution >= 4 is 44.8 Å². The molecule has 0 bridgehead atoms. The molecular formula is C14H9BrClFN2O4. The highest BCUT2D eigenvalue weighted by Gasteiger charge is 2.13. The Bertz CT molecular complexity index is 772. The third kappa shape index (κ3) is 4.64. The van der Waals surface area contributed by atoms with Crippen LogP contribution in [0.5, 0.6) is 5.75 Å². The van der Waals surface area contributed by atoms with E-state index in [0.29, 0.717) is 4.47 Å². The Morgan fingerprint density at radius 2 is 2.09 bits per heavy atom. The second kappa shape index (κ2) is 7.38. The molecule has 6 nitrogen and oxygen atoms in total. The third-order valence-electron chi connectivity index (χ3n) is 2.69. The van der Waals surface area contributed by atoms with Crippen LogP contribution in [0.25, 0.3) is 0 Å². The lowest BCUT2D eigenvalue weighted by atomic mass is 10.3. The number of hydrogen-bond acceptors (Lipinski definition) is 4. The maximum Gasteiger partial charge on any atom is 0.271 e. The zero-order valence-electron chi connectivity index (χ0n) is 11.4. The van der Waals surface area contributed by atoms with E-state index < -0.39 is 23.3 Å². The number of benzene rings is 2. The fraction of sp³-hybridized carbons (Fsp3) is 0.0714. The van der Waals surface area contributed by atoms with Crippen molar-refractivity contribution in [2.24, 2.45) is 0 Å². The number of ether oxygens (including phenoxy) is 1. The first-order chi connectivity index (χ1) is 10.9. The largest absolute Gasteiger partial charge is 0.481 e. The maximum absolute atomic E-state index is 13.6. The minimum Gasteiger partial charge on any atom is -0.481 e. The number of nitro benzene ring substituents is 1. The molecule has 0 aliphatic heterocycles. The van der Waals surface area contributed by atoms with Gasteiger partial charge in [0.1, 0.15) is 0 Å². The monoisotopic (exact) mass is 402 g/mol. The molecule has 0 aliphatic rings. The van der Waals surface area contributed by atoms with Crippen LogP contribution in [0.3, 0.4) is 0 Å². The second-order valence-corrected chi connectivity index (χ2v) is 5.66. The fourth-order valence-corrected chi connectivity index (χ4v) is 2.14. The van der Waals surface area contributed by atoms with Crippen LogP contribution in [0, 0.1) is 15.9 Å². The summed E-state index contributed by atoms with van der Waals surface area (Å²) >= 11 is 8.96.